The third-order valence-corrected chi connectivity index (χ3v) is 0.630. The predicted molar refractivity (Wildman–Crippen MR) is 39.3 cm³/mol. The van der Waals surface area contributed by atoms with Crippen LogP contribution >= 0.6 is 12.4 Å². The minimum atomic E-state index is -0.453. The van der Waals surface area contributed by atoms with Gasteiger partial charge in [0.1, 0.15) is 0 Å². The summed E-state index contributed by atoms with van der Waals surface area (Å²) in [5.74, 6) is -0.350. The largest absolute Gasteiger partial charge is 0.370 e. The molecule has 3 nitrogen and oxygen atoms in total. The highest BCUT2D eigenvalue weighted by Gasteiger charge is 2.12. The van der Waals surface area contributed by atoms with Gasteiger partial charge in [-0.1, -0.05) is 0 Å². The summed E-state index contributed by atoms with van der Waals surface area (Å²) in [6.07, 6.45) is 0.243. The monoisotopic (exact) mass is 152 g/mol. The van der Waals surface area contributed by atoms with Crippen molar-refractivity contribution in [2.24, 2.45) is 11.5 Å². The normalized spacial score (nSPS) is 10.1. The van der Waals surface area contributed by atoms with E-state index in [2.05, 4.69) is 0 Å². The highest BCUT2D eigenvalue weighted by molar-refractivity contribution is 5.85. The number of hydrogen-bond acceptors (Lipinski definition) is 2. The van der Waals surface area contributed by atoms with Crippen molar-refractivity contribution in [3.05, 3.63) is 0 Å². The Kier molecular flexibility index (Phi) is 4.72. The van der Waals surface area contributed by atoms with E-state index in [0.29, 0.717) is 0 Å². The number of rotatable bonds is 2. The fourth-order valence-corrected chi connectivity index (χ4v) is 0.449. The SMILES string of the molecule is CC(C)(N)CC(N)=O.Cl. The van der Waals surface area contributed by atoms with Crippen LogP contribution in [0.25, 0.3) is 0 Å². The van der Waals surface area contributed by atoms with Gasteiger partial charge in [0, 0.05) is 12.0 Å². The lowest BCUT2D eigenvalue weighted by atomic mass is 10.0. The van der Waals surface area contributed by atoms with Crippen LogP contribution in [0.3, 0.4) is 0 Å². The molecule has 0 saturated carbocycles. The molecule has 0 aromatic heterocycles. The minimum Gasteiger partial charge on any atom is -0.370 e. The van der Waals surface area contributed by atoms with E-state index in [0.717, 1.165) is 0 Å². The summed E-state index contributed by atoms with van der Waals surface area (Å²) in [6.45, 7) is 3.52. The molecule has 56 valence electrons. The number of nitrogens with two attached hydrogens (primary N) is 2. The lowest BCUT2D eigenvalue weighted by Gasteiger charge is -2.14. The molecule has 4 heteroatoms. The molecule has 0 heterocycles. The molecular formula is C5H13ClN2O. The van der Waals surface area contributed by atoms with Gasteiger partial charge in [-0.15, -0.1) is 12.4 Å². The van der Waals surface area contributed by atoms with Gasteiger partial charge in [0.05, 0.1) is 0 Å². The fourth-order valence-electron chi connectivity index (χ4n) is 0.449. The zero-order chi connectivity index (χ0) is 6.78. The van der Waals surface area contributed by atoms with E-state index < -0.39 is 5.54 Å². The highest BCUT2D eigenvalue weighted by atomic mass is 35.5. The Labute approximate surface area is 61.2 Å². The second-order valence-corrected chi connectivity index (χ2v) is 2.63. The molecule has 4 N–H and O–H groups in total. The molecule has 0 spiro atoms. The van der Waals surface area contributed by atoms with Gasteiger partial charge in [0.2, 0.25) is 5.91 Å². The second-order valence-electron chi connectivity index (χ2n) is 2.63. The standard InChI is InChI=1S/C5H12N2O.ClH/c1-5(2,7)3-4(6)8;/h3,7H2,1-2H3,(H2,6,8);1H. The summed E-state index contributed by atoms with van der Waals surface area (Å²) in [5.41, 5.74) is 9.84. The van der Waals surface area contributed by atoms with Crippen LogP contribution in [0.5, 0.6) is 0 Å². The van der Waals surface area contributed by atoms with Crippen molar-refractivity contribution < 1.29 is 4.79 Å². The molecule has 0 atom stereocenters. The van der Waals surface area contributed by atoms with Crippen molar-refractivity contribution in [3.63, 3.8) is 0 Å². The third kappa shape index (κ3) is 11.3. The van der Waals surface area contributed by atoms with Gasteiger partial charge < -0.3 is 11.5 Å². The van der Waals surface area contributed by atoms with Gasteiger partial charge in [-0.2, -0.15) is 0 Å². The van der Waals surface area contributed by atoms with Crippen molar-refractivity contribution in [1.82, 2.24) is 0 Å². The molecule has 0 aliphatic heterocycles. The van der Waals surface area contributed by atoms with Crippen LogP contribution in [0.2, 0.25) is 0 Å². The zero-order valence-electron chi connectivity index (χ0n) is 5.68. The van der Waals surface area contributed by atoms with Gasteiger partial charge in [-0.05, 0) is 13.8 Å². The lowest BCUT2D eigenvalue weighted by molar-refractivity contribution is -0.118. The fraction of sp³-hybridized carbons (Fsp3) is 0.800. The lowest BCUT2D eigenvalue weighted by Crippen LogP contribution is -2.36. The summed E-state index contributed by atoms with van der Waals surface area (Å²) in [7, 11) is 0. The maximum Gasteiger partial charge on any atom is 0.219 e. The van der Waals surface area contributed by atoms with Crippen molar-refractivity contribution in [3.8, 4) is 0 Å². The molecule has 0 aliphatic carbocycles. The van der Waals surface area contributed by atoms with Crippen LogP contribution in [0.15, 0.2) is 0 Å². The van der Waals surface area contributed by atoms with Crippen molar-refractivity contribution >= 4 is 18.3 Å². The van der Waals surface area contributed by atoms with Gasteiger partial charge in [-0.25, -0.2) is 0 Å². The summed E-state index contributed by atoms with van der Waals surface area (Å²) in [5, 5.41) is 0. The zero-order valence-corrected chi connectivity index (χ0v) is 6.49. The minimum absolute atomic E-state index is 0. The van der Waals surface area contributed by atoms with Gasteiger partial charge in [0.25, 0.3) is 0 Å². The molecule has 1 amide bonds. The number of carbonyl (C=O) groups excluding carboxylic acids is 1. The van der Waals surface area contributed by atoms with Crippen molar-refractivity contribution in [2.75, 3.05) is 0 Å². The third-order valence-electron chi connectivity index (χ3n) is 0.630. The highest BCUT2D eigenvalue weighted by Crippen LogP contribution is 2.00. The first-order chi connectivity index (χ1) is 3.42. The van der Waals surface area contributed by atoms with E-state index in [1.807, 2.05) is 0 Å². The molecule has 0 aromatic rings. The van der Waals surface area contributed by atoms with Gasteiger partial charge in [-0.3, -0.25) is 4.79 Å². The molecule has 0 bridgehead atoms. The van der Waals surface area contributed by atoms with E-state index in [-0.39, 0.29) is 24.7 Å². The summed E-state index contributed by atoms with van der Waals surface area (Å²) < 4.78 is 0. The van der Waals surface area contributed by atoms with E-state index in [9.17, 15) is 4.79 Å². The molecule has 0 saturated heterocycles. The average Bonchev–Trinajstić information content (AvgIpc) is 1.21. The first-order valence-corrected chi connectivity index (χ1v) is 2.49. The first-order valence-electron chi connectivity index (χ1n) is 2.49. The second kappa shape index (κ2) is 3.69. The number of halogens is 1. The van der Waals surface area contributed by atoms with Crippen LogP contribution in [-0.2, 0) is 4.79 Å². The Morgan fingerprint density at radius 3 is 1.89 bits per heavy atom. The molecular weight excluding hydrogens is 140 g/mol. The molecule has 0 radical (unpaired) electrons. The Hall–Kier alpha value is -0.280. The quantitative estimate of drug-likeness (QED) is 0.586. The summed E-state index contributed by atoms with van der Waals surface area (Å²) in [6, 6.07) is 0. The maximum absolute atomic E-state index is 10.2. The number of carbonyl (C=O) groups is 1. The van der Waals surface area contributed by atoms with E-state index in [1.165, 1.54) is 0 Å². The topological polar surface area (TPSA) is 69.1 Å². The Balaban J connectivity index is 0. The van der Waals surface area contributed by atoms with Crippen molar-refractivity contribution in [1.29, 1.82) is 0 Å². The van der Waals surface area contributed by atoms with Crippen LogP contribution in [0.4, 0.5) is 0 Å². The van der Waals surface area contributed by atoms with E-state index in [1.54, 1.807) is 13.8 Å². The van der Waals surface area contributed by atoms with Crippen LogP contribution in [0.1, 0.15) is 20.3 Å². The smallest absolute Gasteiger partial charge is 0.219 e. The Morgan fingerprint density at radius 1 is 1.56 bits per heavy atom. The Bertz CT molecular complexity index is 97.6. The average molecular weight is 153 g/mol. The van der Waals surface area contributed by atoms with Crippen LogP contribution in [-0.4, -0.2) is 11.4 Å². The van der Waals surface area contributed by atoms with E-state index >= 15 is 0 Å². The molecule has 0 aliphatic rings. The van der Waals surface area contributed by atoms with E-state index in [4.69, 9.17) is 11.5 Å². The molecule has 9 heavy (non-hydrogen) atoms. The summed E-state index contributed by atoms with van der Waals surface area (Å²) in [4.78, 5) is 10.2. The first kappa shape index (κ1) is 11.5. The van der Waals surface area contributed by atoms with Gasteiger partial charge in [0.15, 0.2) is 0 Å². The molecule has 0 rings (SSSR count). The molecule has 0 fully saturated rings. The summed E-state index contributed by atoms with van der Waals surface area (Å²) >= 11 is 0. The van der Waals surface area contributed by atoms with Crippen LogP contribution < -0.4 is 11.5 Å². The predicted octanol–water partition coefficient (Wildman–Crippen LogP) is 0.0209. The number of primary amides is 1. The number of amides is 1. The Morgan fingerprint density at radius 2 is 1.89 bits per heavy atom. The van der Waals surface area contributed by atoms with Crippen molar-refractivity contribution in [2.45, 2.75) is 25.8 Å². The number of hydrogen-bond donors (Lipinski definition) is 2. The maximum atomic E-state index is 10.2. The molecule has 0 unspecified atom stereocenters. The van der Waals surface area contributed by atoms with Crippen LogP contribution in [0, 0.1) is 0 Å². The van der Waals surface area contributed by atoms with Gasteiger partial charge >= 0.3 is 0 Å². The molecule has 0 aromatic carbocycles.